The van der Waals surface area contributed by atoms with Gasteiger partial charge in [0.1, 0.15) is 0 Å². The topological polar surface area (TPSA) is 69.6 Å². The molecule has 2 rings (SSSR count). The second kappa shape index (κ2) is 6.72. The molecular formula is C11H14ClN5S. The van der Waals surface area contributed by atoms with Gasteiger partial charge in [-0.2, -0.15) is 0 Å². The Hall–Kier alpha value is -1.11. The maximum atomic E-state index is 6.09. The van der Waals surface area contributed by atoms with Crippen molar-refractivity contribution in [1.29, 1.82) is 0 Å². The minimum absolute atomic E-state index is 0.636. The normalized spacial score (nSPS) is 10.8. The van der Waals surface area contributed by atoms with E-state index in [0.29, 0.717) is 12.3 Å². The second-order valence-electron chi connectivity index (χ2n) is 3.68. The molecule has 96 valence electrons. The van der Waals surface area contributed by atoms with Crippen molar-refractivity contribution in [2.24, 2.45) is 5.73 Å². The zero-order chi connectivity index (χ0) is 12.8. The van der Waals surface area contributed by atoms with Crippen LogP contribution in [0.3, 0.4) is 0 Å². The van der Waals surface area contributed by atoms with Gasteiger partial charge in [-0.15, -0.1) is 16.9 Å². The van der Waals surface area contributed by atoms with Crippen molar-refractivity contribution in [1.82, 2.24) is 20.2 Å². The first-order valence-electron chi connectivity index (χ1n) is 5.63. The molecule has 18 heavy (non-hydrogen) atoms. The van der Waals surface area contributed by atoms with Crippen LogP contribution in [0.15, 0.2) is 29.2 Å². The Labute approximate surface area is 115 Å². The SMILES string of the molecule is NCCCn1nnnc1CSc1ccccc1Cl. The summed E-state index contributed by atoms with van der Waals surface area (Å²) in [7, 11) is 0. The molecule has 0 spiro atoms. The molecule has 1 heterocycles. The number of hydrogen-bond donors (Lipinski definition) is 1. The Morgan fingerprint density at radius 2 is 2.17 bits per heavy atom. The third kappa shape index (κ3) is 3.44. The minimum Gasteiger partial charge on any atom is -0.330 e. The average molecular weight is 284 g/mol. The summed E-state index contributed by atoms with van der Waals surface area (Å²) < 4.78 is 1.79. The first-order chi connectivity index (χ1) is 8.81. The quantitative estimate of drug-likeness (QED) is 0.821. The minimum atomic E-state index is 0.636. The van der Waals surface area contributed by atoms with E-state index in [1.807, 2.05) is 24.3 Å². The monoisotopic (exact) mass is 283 g/mol. The third-order valence-corrected chi connectivity index (χ3v) is 3.88. The lowest BCUT2D eigenvalue weighted by Crippen LogP contribution is -2.09. The van der Waals surface area contributed by atoms with Crippen LogP contribution in [0.2, 0.25) is 5.02 Å². The van der Waals surface area contributed by atoms with Crippen LogP contribution in [0.1, 0.15) is 12.2 Å². The summed E-state index contributed by atoms with van der Waals surface area (Å²) in [5.41, 5.74) is 5.48. The maximum absolute atomic E-state index is 6.09. The van der Waals surface area contributed by atoms with E-state index >= 15 is 0 Å². The highest BCUT2D eigenvalue weighted by Crippen LogP contribution is 2.28. The van der Waals surface area contributed by atoms with Gasteiger partial charge in [-0.1, -0.05) is 23.7 Å². The van der Waals surface area contributed by atoms with Gasteiger partial charge >= 0.3 is 0 Å². The van der Waals surface area contributed by atoms with Gasteiger partial charge in [0.15, 0.2) is 5.82 Å². The summed E-state index contributed by atoms with van der Waals surface area (Å²) in [4.78, 5) is 1.03. The highest BCUT2D eigenvalue weighted by atomic mass is 35.5. The molecule has 0 unspecified atom stereocenters. The molecule has 7 heteroatoms. The van der Waals surface area contributed by atoms with Crippen LogP contribution in [-0.4, -0.2) is 26.8 Å². The van der Waals surface area contributed by atoms with E-state index in [-0.39, 0.29) is 0 Å². The molecule has 0 aliphatic rings. The van der Waals surface area contributed by atoms with E-state index in [4.69, 9.17) is 17.3 Å². The molecule has 1 aromatic heterocycles. The fourth-order valence-electron chi connectivity index (χ4n) is 1.45. The summed E-state index contributed by atoms with van der Waals surface area (Å²) in [5.74, 6) is 1.54. The van der Waals surface area contributed by atoms with E-state index in [9.17, 15) is 0 Å². The van der Waals surface area contributed by atoms with Crippen molar-refractivity contribution < 1.29 is 0 Å². The van der Waals surface area contributed by atoms with Crippen LogP contribution in [0.5, 0.6) is 0 Å². The van der Waals surface area contributed by atoms with E-state index in [0.717, 1.165) is 28.7 Å². The van der Waals surface area contributed by atoms with E-state index in [1.165, 1.54) is 0 Å². The van der Waals surface area contributed by atoms with Crippen LogP contribution in [0, 0.1) is 0 Å². The number of hydrogen-bond acceptors (Lipinski definition) is 5. The molecule has 0 aliphatic carbocycles. The summed E-state index contributed by atoms with van der Waals surface area (Å²) in [6.45, 7) is 1.39. The van der Waals surface area contributed by atoms with Gasteiger partial charge in [0.2, 0.25) is 0 Å². The number of benzene rings is 1. The van der Waals surface area contributed by atoms with Gasteiger partial charge in [0.05, 0.1) is 10.8 Å². The fraction of sp³-hybridized carbons (Fsp3) is 0.364. The molecule has 0 saturated carbocycles. The van der Waals surface area contributed by atoms with Crippen LogP contribution in [0.25, 0.3) is 0 Å². The molecule has 0 amide bonds. The Kier molecular flexibility index (Phi) is 4.98. The number of aryl methyl sites for hydroxylation is 1. The average Bonchev–Trinajstić information content (AvgIpc) is 2.83. The zero-order valence-corrected chi connectivity index (χ0v) is 11.4. The first-order valence-corrected chi connectivity index (χ1v) is 7.00. The lowest BCUT2D eigenvalue weighted by molar-refractivity contribution is 0.551. The lowest BCUT2D eigenvalue weighted by Gasteiger charge is -2.04. The molecule has 0 fully saturated rings. The largest absolute Gasteiger partial charge is 0.330 e. The highest BCUT2D eigenvalue weighted by Gasteiger charge is 2.07. The predicted molar refractivity (Wildman–Crippen MR) is 72.5 cm³/mol. The molecule has 0 aliphatic heterocycles. The van der Waals surface area contributed by atoms with Gasteiger partial charge < -0.3 is 5.73 Å². The van der Waals surface area contributed by atoms with Crippen molar-refractivity contribution in [2.45, 2.75) is 23.6 Å². The standard InChI is InChI=1S/C11H14ClN5S/c12-9-4-1-2-5-10(9)18-8-11-14-15-16-17(11)7-3-6-13/h1-2,4-5H,3,6-8,13H2. The summed E-state index contributed by atoms with van der Waals surface area (Å²) in [6, 6.07) is 7.74. The zero-order valence-electron chi connectivity index (χ0n) is 9.79. The van der Waals surface area contributed by atoms with Crippen molar-refractivity contribution in [2.75, 3.05) is 6.54 Å². The lowest BCUT2D eigenvalue weighted by atomic mass is 10.4. The molecule has 0 saturated heterocycles. The summed E-state index contributed by atoms with van der Waals surface area (Å²) in [6.07, 6.45) is 0.870. The van der Waals surface area contributed by atoms with Crippen molar-refractivity contribution >= 4 is 23.4 Å². The highest BCUT2D eigenvalue weighted by molar-refractivity contribution is 7.98. The Bertz CT molecular complexity index is 502. The van der Waals surface area contributed by atoms with Gasteiger partial charge in [-0.25, -0.2) is 4.68 Å². The summed E-state index contributed by atoms with van der Waals surface area (Å²) in [5, 5.41) is 12.4. The predicted octanol–water partition coefficient (Wildman–Crippen LogP) is 1.97. The first kappa shape index (κ1) is 13.3. The third-order valence-electron chi connectivity index (χ3n) is 2.37. The molecular weight excluding hydrogens is 270 g/mol. The van der Waals surface area contributed by atoms with Crippen molar-refractivity contribution in [3.8, 4) is 0 Å². The smallest absolute Gasteiger partial charge is 0.161 e. The number of halogens is 1. The van der Waals surface area contributed by atoms with Gasteiger partial charge in [0, 0.05) is 11.4 Å². The number of tetrazole rings is 1. The van der Waals surface area contributed by atoms with Gasteiger partial charge in [-0.05, 0) is 35.5 Å². The number of nitrogens with two attached hydrogens (primary N) is 1. The van der Waals surface area contributed by atoms with Gasteiger partial charge in [0.25, 0.3) is 0 Å². The fourth-order valence-corrected chi connectivity index (χ4v) is 2.62. The Balaban J connectivity index is 1.98. The van der Waals surface area contributed by atoms with Crippen LogP contribution < -0.4 is 5.73 Å². The Morgan fingerprint density at radius 3 is 2.94 bits per heavy atom. The second-order valence-corrected chi connectivity index (χ2v) is 5.10. The summed E-state index contributed by atoms with van der Waals surface area (Å²) >= 11 is 7.72. The maximum Gasteiger partial charge on any atom is 0.161 e. The number of aromatic nitrogens is 4. The Morgan fingerprint density at radius 1 is 1.33 bits per heavy atom. The number of rotatable bonds is 6. The molecule has 2 N–H and O–H groups in total. The van der Waals surface area contributed by atoms with E-state index in [1.54, 1.807) is 16.4 Å². The molecule has 2 aromatic rings. The molecule has 0 atom stereocenters. The number of nitrogens with zero attached hydrogens (tertiary/aromatic N) is 4. The molecule has 0 bridgehead atoms. The van der Waals surface area contributed by atoms with E-state index in [2.05, 4.69) is 15.5 Å². The molecule has 0 radical (unpaired) electrons. The van der Waals surface area contributed by atoms with Crippen LogP contribution >= 0.6 is 23.4 Å². The molecule has 5 nitrogen and oxygen atoms in total. The van der Waals surface area contributed by atoms with E-state index < -0.39 is 0 Å². The van der Waals surface area contributed by atoms with Gasteiger partial charge in [-0.3, -0.25) is 0 Å². The van der Waals surface area contributed by atoms with Crippen molar-refractivity contribution in [3.63, 3.8) is 0 Å². The molecule has 1 aromatic carbocycles. The van der Waals surface area contributed by atoms with Crippen molar-refractivity contribution in [3.05, 3.63) is 35.1 Å². The van der Waals surface area contributed by atoms with Crippen LogP contribution in [0.4, 0.5) is 0 Å². The van der Waals surface area contributed by atoms with Crippen LogP contribution in [-0.2, 0) is 12.3 Å². The number of thioether (sulfide) groups is 1.